The molecule has 0 N–H and O–H groups in total. The minimum absolute atomic E-state index is 0.0861. The van der Waals surface area contributed by atoms with E-state index in [0.717, 1.165) is 50.1 Å². The summed E-state index contributed by atoms with van der Waals surface area (Å²) >= 11 is 0. The third kappa shape index (κ3) is 15.1. The Bertz CT molecular complexity index is 1100. The lowest BCUT2D eigenvalue weighted by Crippen LogP contribution is -2.54. The first-order valence-electron chi connectivity index (χ1n) is 15.5. The van der Waals surface area contributed by atoms with Crippen molar-refractivity contribution in [2.24, 2.45) is 4.99 Å². The molecular formula is C36H58N4O2. The SMILES string of the molecule is CC/C=C/C=C(C#N)\C=C(/C)CCC.C\C=C(C)/C(C(/C)=N/C=C/CC)=C(/C)N1CCN(C(=O)OC(C)(C)C)C(C)C1. The molecule has 0 aliphatic carbocycles. The van der Waals surface area contributed by atoms with Crippen molar-refractivity contribution in [1.82, 2.24) is 9.80 Å². The topological polar surface area (TPSA) is 68.9 Å². The van der Waals surface area contributed by atoms with E-state index in [0.29, 0.717) is 6.54 Å². The molecule has 0 aromatic rings. The van der Waals surface area contributed by atoms with Gasteiger partial charge in [-0.1, -0.05) is 57.1 Å². The normalized spacial score (nSPS) is 18.1. The van der Waals surface area contributed by atoms with Gasteiger partial charge in [0, 0.05) is 48.9 Å². The van der Waals surface area contributed by atoms with Crippen LogP contribution in [0.25, 0.3) is 0 Å². The summed E-state index contributed by atoms with van der Waals surface area (Å²) < 4.78 is 5.56. The van der Waals surface area contributed by atoms with Gasteiger partial charge in [-0.25, -0.2) is 4.79 Å². The van der Waals surface area contributed by atoms with Crippen LogP contribution in [0.15, 0.2) is 75.6 Å². The zero-order valence-electron chi connectivity index (χ0n) is 28.7. The number of hydrogen-bond acceptors (Lipinski definition) is 5. The van der Waals surface area contributed by atoms with Crippen LogP contribution in [-0.4, -0.2) is 52.9 Å². The molecule has 234 valence electrons. The molecule has 42 heavy (non-hydrogen) atoms. The Morgan fingerprint density at radius 1 is 1.07 bits per heavy atom. The van der Waals surface area contributed by atoms with Crippen LogP contribution in [-0.2, 0) is 4.74 Å². The molecule has 0 saturated carbocycles. The van der Waals surface area contributed by atoms with E-state index in [1.807, 2.05) is 56.2 Å². The Morgan fingerprint density at radius 2 is 1.71 bits per heavy atom. The first kappa shape index (κ1) is 38.7. The predicted molar refractivity (Wildman–Crippen MR) is 180 cm³/mol. The first-order valence-corrected chi connectivity index (χ1v) is 15.5. The molecule has 0 radical (unpaired) electrons. The number of ether oxygens (including phenoxy) is 1. The van der Waals surface area contributed by atoms with Gasteiger partial charge in [0.25, 0.3) is 0 Å². The minimum atomic E-state index is -0.473. The third-order valence-corrected chi connectivity index (χ3v) is 6.71. The van der Waals surface area contributed by atoms with Gasteiger partial charge in [0.15, 0.2) is 0 Å². The summed E-state index contributed by atoms with van der Waals surface area (Å²) in [6.07, 6.45) is 17.8. The second kappa shape index (κ2) is 20.5. The number of amides is 1. The first-order chi connectivity index (χ1) is 19.8. The Balaban J connectivity index is 0.00000101. The fourth-order valence-electron chi connectivity index (χ4n) is 4.48. The molecule has 1 aliphatic heterocycles. The largest absolute Gasteiger partial charge is 0.444 e. The maximum absolute atomic E-state index is 12.5. The van der Waals surface area contributed by atoms with E-state index in [1.54, 1.807) is 0 Å². The van der Waals surface area contributed by atoms with Gasteiger partial charge in [0.05, 0.1) is 11.6 Å². The highest BCUT2D eigenvalue weighted by molar-refractivity contribution is 6.02. The van der Waals surface area contributed by atoms with Gasteiger partial charge in [-0.3, -0.25) is 4.99 Å². The van der Waals surface area contributed by atoms with E-state index >= 15 is 0 Å². The van der Waals surface area contributed by atoms with Crippen LogP contribution < -0.4 is 0 Å². The standard InChI is InChI=1S/C23H39N3O2.C13H19N/c1-10-12-13-24-19(5)21(17(3)11-2)20(6)25-14-15-26(18(4)16-25)22(27)28-23(7,8)9;1-4-6-7-9-13(11-14)10-12(3)8-5-2/h11-13,18H,10,14-16H2,1-9H3;6-7,9-10H,4-5,8H2,1-3H3/b13-12+,17-11-,21-20+,24-19+;7-6+,12-10+,13-9+. The van der Waals surface area contributed by atoms with Crippen molar-refractivity contribution in [3.05, 3.63) is 70.6 Å². The minimum Gasteiger partial charge on any atom is -0.444 e. The molecule has 0 aromatic heterocycles. The van der Waals surface area contributed by atoms with Crippen LogP contribution in [0.2, 0.25) is 0 Å². The van der Waals surface area contributed by atoms with Crippen molar-refractivity contribution >= 4 is 11.8 Å². The molecule has 1 aliphatic rings. The Kier molecular flexibility index (Phi) is 18.9. The molecule has 1 rings (SSSR count). The Labute approximate surface area is 257 Å². The van der Waals surface area contributed by atoms with E-state index in [2.05, 4.69) is 90.4 Å². The maximum Gasteiger partial charge on any atom is 0.410 e. The number of carbonyl (C=O) groups is 1. The average molecular weight is 579 g/mol. The molecule has 1 heterocycles. The van der Waals surface area contributed by atoms with Crippen LogP contribution in [0.5, 0.6) is 0 Å². The van der Waals surface area contributed by atoms with Crippen LogP contribution in [0.3, 0.4) is 0 Å². The Hall–Kier alpha value is -3.33. The molecule has 1 atom stereocenters. The lowest BCUT2D eigenvalue weighted by Gasteiger charge is -2.42. The number of nitrogens with zero attached hydrogens (tertiary/aromatic N) is 4. The molecule has 0 aromatic carbocycles. The number of nitriles is 1. The van der Waals surface area contributed by atoms with E-state index in [4.69, 9.17) is 10.00 Å². The summed E-state index contributed by atoms with van der Waals surface area (Å²) in [5.74, 6) is 0. The molecule has 6 nitrogen and oxygen atoms in total. The van der Waals surface area contributed by atoms with E-state index in [9.17, 15) is 4.79 Å². The maximum atomic E-state index is 12.5. The van der Waals surface area contributed by atoms with Gasteiger partial charge in [-0.15, -0.1) is 0 Å². The monoisotopic (exact) mass is 578 g/mol. The fourth-order valence-corrected chi connectivity index (χ4v) is 4.48. The van der Waals surface area contributed by atoms with Crippen molar-refractivity contribution in [2.75, 3.05) is 19.6 Å². The van der Waals surface area contributed by atoms with Crippen molar-refractivity contribution < 1.29 is 9.53 Å². The molecule has 1 unspecified atom stereocenters. The molecule has 6 heteroatoms. The van der Waals surface area contributed by atoms with E-state index < -0.39 is 5.60 Å². The van der Waals surface area contributed by atoms with Gasteiger partial charge in [-0.2, -0.15) is 5.26 Å². The molecular weight excluding hydrogens is 520 g/mol. The number of carbonyl (C=O) groups excluding carboxylic acids is 1. The third-order valence-electron chi connectivity index (χ3n) is 6.71. The summed E-state index contributed by atoms with van der Waals surface area (Å²) in [7, 11) is 0. The van der Waals surface area contributed by atoms with Crippen LogP contribution in [0.1, 0.15) is 109 Å². The van der Waals surface area contributed by atoms with Crippen molar-refractivity contribution in [2.45, 2.75) is 120 Å². The lowest BCUT2D eigenvalue weighted by atomic mass is 9.99. The van der Waals surface area contributed by atoms with Crippen molar-refractivity contribution in [3.63, 3.8) is 0 Å². The second-order valence-corrected chi connectivity index (χ2v) is 11.7. The fraction of sp³-hybridized carbons (Fsp3) is 0.583. The van der Waals surface area contributed by atoms with Crippen LogP contribution in [0.4, 0.5) is 4.79 Å². The highest BCUT2D eigenvalue weighted by Gasteiger charge is 2.31. The molecule has 0 bridgehead atoms. The van der Waals surface area contributed by atoms with Gasteiger partial charge < -0.3 is 14.5 Å². The van der Waals surface area contributed by atoms with Gasteiger partial charge in [0.2, 0.25) is 0 Å². The van der Waals surface area contributed by atoms with Gasteiger partial charge >= 0.3 is 6.09 Å². The van der Waals surface area contributed by atoms with Crippen molar-refractivity contribution in [3.8, 4) is 6.07 Å². The Morgan fingerprint density at radius 3 is 2.21 bits per heavy atom. The number of hydrogen-bond donors (Lipinski definition) is 0. The number of piperazine rings is 1. The number of allylic oxidation sites excluding steroid dienone is 11. The quantitative estimate of drug-likeness (QED) is 0.147. The van der Waals surface area contributed by atoms with Gasteiger partial charge in [-0.05, 0) is 99.3 Å². The molecule has 1 saturated heterocycles. The highest BCUT2D eigenvalue weighted by Crippen LogP contribution is 2.24. The number of aliphatic imine (C=N–C) groups is 1. The van der Waals surface area contributed by atoms with E-state index in [-0.39, 0.29) is 12.1 Å². The zero-order valence-corrected chi connectivity index (χ0v) is 28.7. The van der Waals surface area contributed by atoms with Crippen molar-refractivity contribution in [1.29, 1.82) is 5.26 Å². The summed E-state index contributed by atoms with van der Waals surface area (Å²) in [5.41, 5.74) is 6.15. The summed E-state index contributed by atoms with van der Waals surface area (Å²) in [5, 5.41) is 8.85. The molecule has 1 fully saturated rings. The smallest absolute Gasteiger partial charge is 0.410 e. The number of rotatable bonds is 10. The molecule has 1 amide bonds. The van der Waals surface area contributed by atoms with E-state index in [1.165, 1.54) is 22.4 Å². The molecule has 0 spiro atoms. The predicted octanol–water partition coefficient (Wildman–Crippen LogP) is 9.70. The van der Waals surface area contributed by atoms with Gasteiger partial charge in [0.1, 0.15) is 5.60 Å². The zero-order chi connectivity index (χ0) is 32.3. The average Bonchev–Trinajstić information content (AvgIpc) is 2.92. The summed E-state index contributed by atoms with van der Waals surface area (Å²) in [6.45, 7) is 26.8. The highest BCUT2D eigenvalue weighted by atomic mass is 16.6. The van der Waals surface area contributed by atoms with Crippen LogP contribution >= 0.6 is 0 Å². The second-order valence-electron chi connectivity index (χ2n) is 11.7. The summed E-state index contributed by atoms with van der Waals surface area (Å²) in [4.78, 5) is 21.3. The lowest BCUT2D eigenvalue weighted by molar-refractivity contribution is 0.00494. The van der Waals surface area contributed by atoms with Crippen LogP contribution in [0, 0.1) is 11.3 Å². The summed E-state index contributed by atoms with van der Waals surface area (Å²) in [6, 6.07) is 2.27.